The zero-order chi connectivity index (χ0) is 11.4. The minimum absolute atomic E-state index is 0.167. The second kappa shape index (κ2) is 5.64. The molecule has 0 atom stereocenters. The van der Waals surface area contributed by atoms with Crippen LogP contribution in [0.4, 0.5) is 0 Å². The fourth-order valence-electron chi connectivity index (χ4n) is 2.09. The van der Waals surface area contributed by atoms with E-state index in [0.29, 0.717) is 13.0 Å². The van der Waals surface area contributed by atoms with Crippen molar-refractivity contribution in [1.29, 1.82) is 0 Å². The molecule has 1 fully saturated rings. The van der Waals surface area contributed by atoms with Crippen molar-refractivity contribution in [2.75, 3.05) is 17.6 Å². The fraction of sp³-hybridized carbons (Fsp3) is 1.00. The van der Waals surface area contributed by atoms with Crippen molar-refractivity contribution < 1.29 is 8.42 Å². The molecule has 15 heavy (non-hydrogen) atoms. The molecular formula is C10H20BrNO2S. The van der Waals surface area contributed by atoms with Crippen molar-refractivity contribution in [3.05, 3.63) is 0 Å². The van der Waals surface area contributed by atoms with Crippen LogP contribution in [0.25, 0.3) is 0 Å². The van der Waals surface area contributed by atoms with Crippen molar-refractivity contribution in [3.63, 3.8) is 0 Å². The van der Waals surface area contributed by atoms with Crippen LogP contribution >= 0.6 is 15.9 Å². The first kappa shape index (κ1) is 13.5. The summed E-state index contributed by atoms with van der Waals surface area (Å²) in [6.07, 6.45) is 5.39. The Balaban J connectivity index is 2.47. The summed E-state index contributed by atoms with van der Waals surface area (Å²) in [5.74, 6) is 0.241. The van der Waals surface area contributed by atoms with Gasteiger partial charge in [0.2, 0.25) is 10.0 Å². The highest BCUT2D eigenvalue weighted by molar-refractivity contribution is 9.09. The molecule has 1 saturated carbocycles. The van der Waals surface area contributed by atoms with E-state index in [1.54, 1.807) is 0 Å². The topological polar surface area (TPSA) is 46.2 Å². The van der Waals surface area contributed by atoms with E-state index in [4.69, 9.17) is 0 Å². The van der Waals surface area contributed by atoms with Gasteiger partial charge in [0.25, 0.3) is 0 Å². The highest BCUT2D eigenvalue weighted by Crippen LogP contribution is 2.39. The molecule has 0 aromatic heterocycles. The standard InChI is InChI=1S/C10H20BrNO2S/c1-2-7-15(13,14)12-9-10(8-11)5-3-4-6-10/h12H,2-9H2,1H3. The number of nitrogens with one attached hydrogen (secondary N) is 1. The summed E-state index contributed by atoms with van der Waals surface area (Å²) in [6, 6.07) is 0. The molecule has 0 spiro atoms. The van der Waals surface area contributed by atoms with E-state index in [-0.39, 0.29) is 11.2 Å². The maximum absolute atomic E-state index is 11.5. The van der Waals surface area contributed by atoms with Crippen LogP contribution in [0.5, 0.6) is 0 Å². The molecule has 0 aliphatic heterocycles. The van der Waals surface area contributed by atoms with Crippen molar-refractivity contribution in [2.45, 2.75) is 39.0 Å². The third-order valence-corrected chi connectivity index (χ3v) is 5.81. The minimum atomic E-state index is -3.04. The Labute approximate surface area is 101 Å². The lowest BCUT2D eigenvalue weighted by Gasteiger charge is -2.26. The molecule has 1 N–H and O–H groups in total. The number of halogens is 1. The Morgan fingerprint density at radius 2 is 1.93 bits per heavy atom. The summed E-state index contributed by atoms with van der Waals surface area (Å²) < 4.78 is 25.8. The molecule has 1 aliphatic rings. The van der Waals surface area contributed by atoms with Gasteiger partial charge < -0.3 is 0 Å². The normalized spacial score (nSPS) is 20.7. The monoisotopic (exact) mass is 297 g/mol. The van der Waals surface area contributed by atoms with Crippen LogP contribution < -0.4 is 4.72 Å². The first-order chi connectivity index (χ1) is 7.04. The second-order valence-electron chi connectivity index (χ2n) is 4.48. The second-order valence-corrected chi connectivity index (χ2v) is 6.97. The third-order valence-electron chi connectivity index (χ3n) is 3.09. The van der Waals surface area contributed by atoms with Gasteiger partial charge >= 0.3 is 0 Å². The van der Waals surface area contributed by atoms with Crippen molar-refractivity contribution >= 4 is 26.0 Å². The molecule has 0 heterocycles. The Hall–Kier alpha value is 0.390. The summed E-state index contributed by atoms with van der Waals surface area (Å²) in [5.41, 5.74) is 0.167. The number of sulfonamides is 1. The van der Waals surface area contributed by atoms with Gasteiger partial charge in [0.1, 0.15) is 0 Å². The van der Waals surface area contributed by atoms with Gasteiger partial charge in [0.15, 0.2) is 0 Å². The molecule has 0 bridgehead atoms. The maximum atomic E-state index is 11.5. The summed E-state index contributed by atoms with van der Waals surface area (Å²) >= 11 is 3.51. The molecule has 0 radical (unpaired) electrons. The van der Waals surface area contributed by atoms with Crippen molar-refractivity contribution in [2.24, 2.45) is 5.41 Å². The zero-order valence-corrected chi connectivity index (χ0v) is 11.7. The van der Waals surface area contributed by atoms with Gasteiger partial charge in [-0.1, -0.05) is 35.7 Å². The summed E-state index contributed by atoms with van der Waals surface area (Å²) in [7, 11) is -3.04. The third kappa shape index (κ3) is 4.04. The van der Waals surface area contributed by atoms with Gasteiger partial charge in [0, 0.05) is 11.9 Å². The Bertz CT molecular complexity index is 284. The average Bonchev–Trinajstić information content (AvgIpc) is 2.64. The van der Waals surface area contributed by atoms with E-state index in [9.17, 15) is 8.42 Å². The van der Waals surface area contributed by atoms with Crippen LogP contribution in [0.3, 0.4) is 0 Å². The SMILES string of the molecule is CCCS(=O)(=O)NCC1(CBr)CCCC1. The average molecular weight is 298 g/mol. The van der Waals surface area contributed by atoms with Crippen LogP contribution in [-0.4, -0.2) is 26.0 Å². The molecule has 0 saturated heterocycles. The van der Waals surface area contributed by atoms with Gasteiger partial charge in [-0.3, -0.25) is 0 Å². The largest absolute Gasteiger partial charge is 0.215 e. The maximum Gasteiger partial charge on any atom is 0.211 e. The van der Waals surface area contributed by atoms with Crippen molar-refractivity contribution in [1.82, 2.24) is 4.72 Å². The molecule has 0 aromatic rings. The van der Waals surface area contributed by atoms with Crippen LogP contribution in [0.15, 0.2) is 0 Å². The molecule has 0 amide bonds. The molecule has 1 rings (SSSR count). The first-order valence-electron chi connectivity index (χ1n) is 5.57. The number of hydrogen-bond acceptors (Lipinski definition) is 2. The lowest BCUT2D eigenvalue weighted by Crippen LogP contribution is -2.38. The molecule has 0 unspecified atom stereocenters. The quantitative estimate of drug-likeness (QED) is 0.765. The Morgan fingerprint density at radius 3 is 2.40 bits per heavy atom. The predicted octanol–water partition coefficient (Wildman–Crippen LogP) is 2.27. The summed E-state index contributed by atoms with van der Waals surface area (Å²) in [4.78, 5) is 0. The Morgan fingerprint density at radius 1 is 1.33 bits per heavy atom. The van der Waals surface area contributed by atoms with E-state index in [2.05, 4.69) is 20.7 Å². The number of alkyl halides is 1. The minimum Gasteiger partial charge on any atom is -0.215 e. The first-order valence-corrected chi connectivity index (χ1v) is 8.34. The van der Waals surface area contributed by atoms with Crippen LogP contribution in [0.2, 0.25) is 0 Å². The molecule has 0 aromatic carbocycles. The van der Waals surface area contributed by atoms with Gasteiger partial charge in [-0.25, -0.2) is 13.1 Å². The lowest BCUT2D eigenvalue weighted by atomic mass is 9.89. The highest BCUT2D eigenvalue weighted by Gasteiger charge is 2.33. The lowest BCUT2D eigenvalue weighted by molar-refractivity contribution is 0.347. The number of rotatable bonds is 6. The molecule has 90 valence electrons. The zero-order valence-electron chi connectivity index (χ0n) is 9.26. The van der Waals surface area contributed by atoms with E-state index in [0.717, 1.165) is 18.2 Å². The van der Waals surface area contributed by atoms with Crippen LogP contribution in [0, 0.1) is 5.41 Å². The molecule has 1 aliphatic carbocycles. The van der Waals surface area contributed by atoms with E-state index < -0.39 is 10.0 Å². The summed E-state index contributed by atoms with van der Waals surface area (Å²) in [5, 5.41) is 0.897. The van der Waals surface area contributed by atoms with E-state index in [1.807, 2.05) is 6.92 Å². The smallest absolute Gasteiger partial charge is 0.211 e. The molecule has 5 heteroatoms. The fourth-order valence-corrected chi connectivity index (χ4v) is 4.05. The predicted molar refractivity (Wildman–Crippen MR) is 66.8 cm³/mol. The van der Waals surface area contributed by atoms with Crippen molar-refractivity contribution in [3.8, 4) is 0 Å². The Kier molecular flexibility index (Phi) is 5.06. The van der Waals surface area contributed by atoms with Gasteiger partial charge in [0.05, 0.1) is 5.75 Å². The van der Waals surface area contributed by atoms with E-state index in [1.165, 1.54) is 12.8 Å². The highest BCUT2D eigenvalue weighted by atomic mass is 79.9. The summed E-state index contributed by atoms with van der Waals surface area (Å²) in [6.45, 7) is 2.48. The van der Waals surface area contributed by atoms with Crippen LogP contribution in [0.1, 0.15) is 39.0 Å². The van der Waals surface area contributed by atoms with Crippen LogP contribution in [-0.2, 0) is 10.0 Å². The van der Waals surface area contributed by atoms with Gasteiger partial charge in [-0.2, -0.15) is 0 Å². The van der Waals surface area contributed by atoms with Gasteiger partial charge in [-0.05, 0) is 24.7 Å². The number of hydrogen-bond donors (Lipinski definition) is 1. The van der Waals surface area contributed by atoms with E-state index >= 15 is 0 Å². The molecular weight excluding hydrogens is 278 g/mol. The van der Waals surface area contributed by atoms with Gasteiger partial charge in [-0.15, -0.1) is 0 Å². The molecule has 3 nitrogen and oxygen atoms in total.